The number of hydrogen-bond acceptors (Lipinski definition) is 1. The summed E-state index contributed by atoms with van der Waals surface area (Å²) < 4.78 is 14.0. The molecule has 0 aliphatic rings. The van der Waals surface area contributed by atoms with Gasteiger partial charge >= 0.3 is 0 Å². The van der Waals surface area contributed by atoms with Gasteiger partial charge < -0.3 is 5.73 Å². The van der Waals surface area contributed by atoms with Crippen LogP contribution in [-0.4, -0.2) is 0 Å². The van der Waals surface area contributed by atoms with Crippen molar-refractivity contribution < 1.29 is 4.39 Å². The first-order valence-electron chi connectivity index (χ1n) is 7.27. The van der Waals surface area contributed by atoms with Gasteiger partial charge in [0.05, 0.1) is 5.69 Å². The maximum absolute atomic E-state index is 14.0. The number of nitrogen functional groups attached to an aromatic ring is 1. The molecule has 1 atom stereocenters. The summed E-state index contributed by atoms with van der Waals surface area (Å²) in [4.78, 5) is 0. The third-order valence-electron chi connectivity index (χ3n) is 3.68. The van der Waals surface area contributed by atoms with E-state index in [0.717, 1.165) is 31.2 Å². The maximum Gasteiger partial charge on any atom is 0.149 e. The van der Waals surface area contributed by atoms with Crippen molar-refractivity contribution in [3.8, 4) is 0 Å². The Balaban J connectivity index is 2.11. The molecular weight excluding hydrogens is 249 g/mol. The minimum absolute atomic E-state index is 0.248. The normalized spacial score (nSPS) is 12.3. The van der Waals surface area contributed by atoms with Crippen LogP contribution >= 0.6 is 0 Å². The third kappa shape index (κ3) is 3.83. The van der Waals surface area contributed by atoms with Crippen LogP contribution in [0.25, 0.3) is 0 Å². The Bertz CT molecular complexity index is 536. The predicted molar refractivity (Wildman–Crippen MR) is 83.1 cm³/mol. The van der Waals surface area contributed by atoms with Gasteiger partial charge in [0.2, 0.25) is 0 Å². The first-order chi connectivity index (χ1) is 9.70. The molecule has 2 aromatic rings. The first kappa shape index (κ1) is 14.6. The van der Waals surface area contributed by atoms with Crippen LogP contribution in [0.2, 0.25) is 0 Å². The summed E-state index contributed by atoms with van der Waals surface area (Å²) in [6.45, 7) is 2.17. The molecule has 0 aromatic heterocycles. The third-order valence-corrected chi connectivity index (χ3v) is 3.68. The lowest BCUT2D eigenvalue weighted by Crippen LogP contribution is -2.10. The quantitative estimate of drug-likeness (QED) is 0.763. The largest absolute Gasteiger partial charge is 0.396 e. The molecule has 0 saturated carbocycles. The molecular formula is C18H22FN. The Hall–Kier alpha value is -1.83. The number of anilines is 1. The number of halogens is 1. The lowest BCUT2D eigenvalue weighted by molar-refractivity contribution is 0.463. The summed E-state index contributed by atoms with van der Waals surface area (Å²) in [6, 6.07) is 15.7. The lowest BCUT2D eigenvalue weighted by Gasteiger charge is -2.17. The molecule has 20 heavy (non-hydrogen) atoms. The van der Waals surface area contributed by atoms with Gasteiger partial charge in [-0.3, -0.25) is 0 Å². The second-order valence-corrected chi connectivity index (χ2v) is 5.37. The van der Waals surface area contributed by atoms with Gasteiger partial charge in [0.1, 0.15) is 5.82 Å². The molecule has 0 radical (unpaired) electrons. The maximum atomic E-state index is 14.0. The molecule has 2 heteroatoms. The van der Waals surface area contributed by atoms with Crippen LogP contribution in [0, 0.1) is 11.7 Å². The fourth-order valence-corrected chi connectivity index (χ4v) is 2.70. The van der Waals surface area contributed by atoms with E-state index in [9.17, 15) is 4.39 Å². The van der Waals surface area contributed by atoms with Gasteiger partial charge in [-0.2, -0.15) is 0 Å². The van der Waals surface area contributed by atoms with E-state index in [1.807, 2.05) is 18.2 Å². The Labute approximate surface area is 120 Å². The van der Waals surface area contributed by atoms with Crippen LogP contribution in [0.1, 0.15) is 30.9 Å². The zero-order valence-corrected chi connectivity index (χ0v) is 12.0. The van der Waals surface area contributed by atoms with Gasteiger partial charge in [0, 0.05) is 0 Å². The van der Waals surface area contributed by atoms with Crippen LogP contribution in [0.3, 0.4) is 0 Å². The molecule has 1 unspecified atom stereocenters. The molecule has 106 valence electrons. The van der Waals surface area contributed by atoms with Gasteiger partial charge in [-0.1, -0.05) is 62.2 Å². The van der Waals surface area contributed by atoms with E-state index in [1.54, 1.807) is 6.07 Å². The molecule has 0 aliphatic carbocycles. The summed E-state index contributed by atoms with van der Waals surface area (Å²) in [6.07, 6.45) is 3.95. The highest BCUT2D eigenvalue weighted by atomic mass is 19.1. The molecule has 2 aromatic carbocycles. The minimum atomic E-state index is -0.248. The number of rotatable bonds is 6. The second-order valence-electron chi connectivity index (χ2n) is 5.37. The zero-order chi connectivity index (χ0) is 14.4. The van der Waals surface area contributed by atoms with Crippen molar-refractivity contribution in [2.45, 2.75) is 32.6 Å². The van der Waals surface area contributed by atoms with Crippen molar-refractivity contribution in [2.24, 2.45) is 5.92 Å². The molecule has 0 spiro atoms. The summed E-state index contributed by atoms with van der Waals surface area (Å²) in [5, 5.41) is 0. The smallest absolute Gasteiger partial charge is 0.149 e. The summed E-state index contributed by atoms with van der Waals surface area (Å²) in [5.41, 5.74) is 7.95. The summed E-state index contributed by atoms with van der Waals surface area (Å²) >= 11 is 0. The van der Waals surface area contributed by atoms with Crippen molar-refractivity contribution in [3.05, 3.63) is 65.5 Å². The van der Waals surface area contributed by atoms with E-state index in [0.29, 0.717) is 5.92 Å². The molecule has 0 saturated heterocycles. The minimum Gasteiger partial charge on any atom is -0.396 e. The molecule has 0 fully saturated rings. The highest BCUT2D eigenvalue weighted by Gasteiger charge is 2.13. The standard InChI is InChI=1S/C18H22FN/c1-2-7-15(12-14-8-4-3-5-9-14)13-16-10-6-11-17(20)18(16)19/h3-6,8-11,15H,2,7,12-13,20H2,1H3. The first-order valence-corrected chi connectivity index (χ1v) is 7.27. The second kappa shape index (κ2) is 7.09. The van der Waals surface area contributed by atoms with E-state index < -0.39 is 0 Å². The van der Waals surface area contributed by atoms with E-state index in [-0.39, 0.29) is 11.5 Å². The molecule has 0 aliphatic heterocycles. The number of hydrogen-bond donors (Lipinski definition) is 1. The molecule has 2 rings (SSSR count). The number of benzene rings is 2. The van der Waals surface area contributed by atoms with E-state index in [4.69, 9.17) is 5.73 Å². The van der Waals surface area contributed by atoms with E-state index >= 15 is 0 Å². The zero-order valence-electron chi connectivity index (χ0n) is 12.0. The average Bonchev–Trinajstić information content (AvgIpc) is 2.45. The monoisotopic (exact) mass is 271 g/mol. The average molecular weight is 271 g/mol. The van der Waals surface area contributed by atoms with Gasteiger partial charge in [-0.15, -0.1) is 0 Å². The Morgan fingerprint density at radius 1 is 1.00 bits per heavy atom. The van der Waals surface area contributed by atoms with Crippen molar-refractivity contribution in [1.29, 1.82) is 0 Å². The Morgan fingerprint density at radius 3 is 2.45 bits per heavy atom. The Morgan fingerprint density at radius 2 is 1.75 bits per heavy atom. The van der Waals surface area contributed by atoms with Gasteiger partial charge in [0.25, 0.3) is 0 Å². The molecule has 2 N–H and O–H groups in total. The van der Waals surface area contributed by atoms with Crippen LogP contribution < -0.4 is 5.73 Å². The van der Waals surface area contributed by atoms with Crippen LogP contribution in [0.4, 0.5) is 10.1 Å². The van der Waals surface area contributed by atoms with Crippen molar-refractivity contribution in [2.75, 3.05) is 5.73 Å². The fourth-order valence-electron chi connectivity index (χ4n) is 2.70. The van der Waals surface area contributed by atoms with E-state index in [2.05, 4.69) is 31.2 Å². The summed E-state index contributed by atoms with van der Waals surface area (Å²) in [7, 11) is 0. The van der Waals surface area contributed by atoms with Crippen LogP contribution in [0.15, 0.2) is 48.5 Å². The summed E-state index contributed by atoms with van der Waals surface area (Å²) in [5.74, 6) is 0.209. The topological polar surface area (TPSA) is 26.0 Å². The molecule has 1 nitrogen and oxygen atoms in total. The van der Waals surface area contributed by atoms with Crippen molar-refractivity contribution in [3.63, 3.8) is 0 Å². The molecule has 0 amide bonds. The predicted octanol–water partition coefficient (Wildman–Crippen LogP) is 4.61. The van der Waals surface area contributed by atoms with Crippen LogP contribution in [-0.2, 0) is 12.8 Å². The number of nitrogens with two attached hydrogens (primary N) is 1. The SMILES string of the molecule is CCCC(Cc1ccccc1)Cc1cccc(N)c1F. The Kier molecular flexibility index (Phi) is 5.16. The highest BCUT2D eigenvalue weighted by Crippen LogP contribution is 2.23. The fraction of sp³-hybridized carbons (Fsp3) is 0.333. The van der Waals surface area contributed by atoms with Gasteiger partial charge in [-0.25, -0.2) is 4.39 Å². The molecule has 0 heterocycles. The van der Waals surface area contributed by atoms with Gasteiger partial charge in [-0.05, 0) is 36.0 Å². The molecule has 0 bridgehead atoms. The van der Waals surface area contributed by atoms with Gasteiger partial charge in [0.15, 0.2) is 0 Å². The van der Waals surface area contributed by atoms with Crippen LogP contribution in [0.5, 0.6) is 0 Å². The van der Waals surface area contributed by atoms with E-state index in [1.165, 1.54) is 5.56 Å². The van der Waals surface area contributed by atoms with Crippen molar-refractivity contribution in [1.82, 2.24) is 0 Å². The lowest BCUT2D eigenvalue weighted by atomic mass is 9.89. The highest BCUT2D eigenvalue weighted by molar-refractivity contribution is 5.43. The van der Waals surface area contributed by atoms with Crippen molar-refractivity contribution >= 4 is 5.69 Å².